The first-order valence-corrected chi connectivity index (χ1v) is 6.82. The molecule has 0 radical (unpaired) electrons. The summed E-state index contributed by atoms with van der Waals surface area (Å²) in [4.78, 5) is 34.6. The van der Waals surface area contributed by atoms with E-state index < -0.39 is 17.6 Å². The Morgan fingerprint density at radius 2 is 1.61 bits per heavy atom. The number of rotatable bonds is 2. The summed E-state index contributed by atoms with van der Waals surface area (Å²) in [6.07, 6.45) is 0. The highest BCUT2D eigenvalue weighted by molar-refractivity contribution is 6.08. The van der Waals surface area contributed by atoms with Crippen molar-refractivity contribution >= 4 is 33.7 Å². The second kappa shape index (κ2) is 5.57. The van der Waals surface area contributed by atoms with Crippen molar-refractivity contribution in [2.75, 3.05) is 0 Å². The molecule has 6 heteroatoms. The van der Waals surface area contributed by atoms with Crippen LogP contribution in [0.3, 0.4) is 0 Å². The van der Waals surface area contributed by atoms with Gasteiger partial charge < -0.3 is 13.9 Å². The topological polar surface area (TPSA) is 82.8 Å². The van der Waals surface area contributed by atoms with Crippen molar-refractivity contribution < 1.29 is 23.5 Å². The minimum absolute atomic E-state index is 0.125. The van der Waals surface area contributed by atoms with E-state index in [0.29, 0.717) is 16.2 Å². The molecule has 0 amide bonds. The SMILES string of the molecule is CC(=O)Oc1cc(OC(C)=O)c2c(c1)oc(=O)c1ccccc12. The van der Waals surface area contributed by atoms with Gasteiger partial charge in [-0.1, -0.05) is 18.2 Å². The summed E-state index contributed by atoms with van der Waals surface area (Å²) in [6, 6.07) is 9.66. The van der Waals surface area contributed by atoms with Gasteiger partial charge in [0.1, 0.15) is 17.1 Å². The number of esters is 2. The van der Waals surface area contributed by atoms with E-state index in [9.17, 15) is 14.4 Å². The fraction of sp³-hybridized carbons (Fsp3) is 0.118. The van der Waals surface area contributed by atoms with E-state index in [-0.39, 0.29) is 17.1 Å². The Balaban J connectivity index is 2.41. The van der Waals surface area contributed by atoms with E-state index in [4.69, 9.17) is 13.9 Å². The third-order valence-electron chi connectivity index (χ3n) is 3.17. The Morgan fingerprint density at radius 3 is 2.26 bits per heavy atom. The van der Waals surface area contributed by atoms with Crippen molar-refractivity contribution in [1.29, 1.82) is 0 Å². The Bertz CT molecular complexity index is 999. The van der Waals surface area contributed by atoms with Crippen LogP contribution in [0.2, 0.25) is 0 Å². The lowest BCUT2D eigenvalue weighted by Gasteiger charge is -2.10. The van der Waals surface area contributed by atoms with Crippen LogP contribution in [-0.2, 0) is 9.59 Å². The highest BCUT2D eigenvalue weighted by Crippen LogP contribution is 2.35. The standard InChI is InChI=1S/C17H12O6/c1-9(18)21-11-7-14(22-10(2)19)16-12-5-3-4-6-13(12)17(20)23-15(16)8-11/h3-8H,1-2H3. The van der Waals surface area contributed by atoms with Crippen molar-refractivity contribution in [2.24, 2.45) is 0 Å². The van der Waals surface area contributed by atoms with Gasteiger partial charge in [-0.2, -0.15) is 0 Å². The number of carbonyl (C=O) groups excluding carboxylic acids is 2. The molecule has 6 nitrogen and oxygen atoms in total. The maximum atomic E-state index is 12.1. The minimum atomic E-state index is -0.540. The number of hydrogen-bond acceptors (Lipinski definition) is 6. The molecule has 0 atom stereocenters. The van der Waals surface area contributed by atoms with Crippen LogP contribution >= 0.6 is 0 Å². The Hall–Kier alpha value is -3.15. The molecule has 0 aliphatic rings. The van der Waals surface area contributed by atoms with Crippen LogP contribution < -0.4 is 15.1 Å². The molecule has 1 aromatic heterocycles. The van der Waals surface area contributed by atoms with Crippen LogP contribution in [0.4, 0.5) is 0 Å². The third-order valence-corrected chi connectivity index (χ3v) is 3.17. The predicted molar refractivity (Wildman–Crippen MR) is 82.6 cm³/mol. The lowest BCUT2D eigenvalue weighted by atomic mass is 10.1. The summed E-state index contributed by atoms with van der Waals surface area (Å²) in [5.74, 6) is -0.798. The Labute approximate surface area is 130 Å². The van der Waals surface area contributed by atoms with E-state index in [0.717, 1.165) is 0 Å². The van der Waals surface area contributed by atoms with Gasteiger partial charge >= 0.3 is 17.6 Å². The fourth-order valence-electron chi connectivity index (χ4n) is 2.41. The minimum Gasteiger partial charge on any atom is -0.426 e. The zero-order valence-electron chi connectivity index (χ0n) is 12.4. The first kappa shape index (κ1) is 14.8. The largest absolute Gasteiger partial charge is 0.426 e. The molecule has 116 valence electrons. The first-order chi connectivity index (χ1) is 11.0. The molecule has 3 aromatic rings. The zero-order valence-corrected chi connectivity index (χ0v) is 12.4. The summed E-state index contributed by atoms with van der Waals surface area (Å²) in [6.45, 7) is 2.50. The normalized spacial score (nSPS) is 10.7. The predicted octanol–water partition coefficient (Wildman–Crippen LogP) is 2.80. The highest BCUT2D eigenvalue weighted by Gasteiger charge is 2.16. The molecule has 0 unspecified atom stereocenters. The summed E-state index contributed by atoms with van der Waals surface area (Å²) < 4.78 is 15.5. The van der Waals surface area contributed by atoms with Crippen LogP contribution in [0.25, 0.3) is 21.7 Å². The van der Waals surface area contributed by atoms with Gasteiger partial charge in [-0.05, 0) is 6.07 Å². The van der Waals surface area contributed by atoms with Gasteiger partial charge in [0, 0.05) is 31.4 Å². The van der Waals surface area contributed by atoms with E-state index >= 15 is 0 Å². The molecule has 3 rings (SSSR count). The van der Waals surface area contributed by atoms with E-state index in [1.54, 1.807) is 24.3 Å². The Morgan fingerprint density at radius 1 is 0.957 bits per heavy atom. The maximum Gasteiger partial charge on any atom is 0.344 e. The van der Waals surface area contributed by atoms with Gasteiger partial charge in [0.2, 0.25) is 0 Å². The molecule has 0 saturated heterocycles. The van der Waals surface area contributed by atoms with Gasteiger partial charge in [-0.25, -0.2) is 4.79 Å². The molecule has 0 saturated carbocycles. The molecule has 1 heterocycles. The maximum absolute atomic E-state index is 12.1. The quantitative estimate of drug-likeness (QED) is 0.313. The molecule has 0 aliphatic heterocycles. The van der Waals surface area contributed by atoms with Crippen molar-refractivity contribution in [3.05, 3.63) is 46.8 Å². The van der Waals surface area contributed by atoms with E-state index in [2.05, 4.69) is 0 Å². The smallest absolute Gasteiger partial charge is 0.344 e. The average molecular weight is 312 g/mol. The van der Waals surface area contributed by atoms with Crippen LogP contribution in [0.1, 0.15) is 13.8 Å². The molecular weight excluding hydrogens is 300 g/mol. The molecule has 0 N–H and O–H groups in total. The van der Waals surface area contributed by atoms with Gasteiger partial charge in [-0.15, -0.1) is 0 Å². The summed E-state index contributed by atoms with van der Waals surface area (Å²) in [7, 11) is 0. The van der Waals surface area contributed by atoms with Crippen molar-refractivity contribution in [3.8, 4) is 11.5 Å². The van der Waals surface area contributed by atoms with Crippen LogP contribution in [0.5, 0.6) is 11.5 Å². The van der Waals surface area contributed by atoms with Crippen LogP contribution in [0.15, 0.2) is 45.6 Å². The molecule has 0 bridgehead atoms. The fourth-order valence-corrected chi connectivity index (χ4v) is 2.41. The lowest BCUT2D eigenvalue weighted by Crippen LogP contribution is -2.06. The zero-order chi connectivity index (χ0) is 16.6. The Kier molecular flexibility index (Phi) is 3.57. The summed E-state index contributed by atoms with van der Waals surface area (Å²) in [5, 5.41) is 1.42. The van der Waals surface area contributed by atoms with Gasteiger partial charge in [0.15, 0.2) is 0 Å². The summed E-state index contributed by atoms with van der Waals surface area (Å²) in [5.41, 5.74) is -0.356. The van der Waals surface area contributed by atoms with Gasteiger partial charge in [-0.3, -0.25) is 9.59 Å². The van der Waals surface area contributed by atoms with Crippen molar-refractivity contribution in [3.63, 3.8) is 0 Å². The van der Waals surface area contributed by atoms with Gasteiger partial charge in [0.25, 0.3) is 0 Å². The lowest BCUT2D eigenvalue weighted by molar-refractivity contribution is -0.132. The van der Waals surface area contributed by atoms with Crippen LogP contribution in [0, 0.1) is 0 Å². The summed E-state index contributed by atoms with van der Waals surface area (Å²) >= 11 is 0. The number of hydrogen-bond donors (Lipinski definition) is 0. The van der Waals surface area contributed by atoms with E-state index in [1.807, 2.05) is 0 Å². The van der Waals surface area contributed by atoms with Crippen molar-refractivity contribution in [2.45, 2.75) is 13.8 Å². The number of carbonyl (C=O) groups is 2. The second-order valence-corrected chi connectivity index (χ2v) is 4.92. The third kappa shape index (κ3) is 2.78. The molecule has 0 fully saturated rings. The molecular formula is C17H12O6. The number of fused-ring (bicyclic) bond motifs is 3. The van der Waals surface area contributed by atoms with Crippen LogP contribution in [-0.4, -0.2) is 11.9 Å². The highest BCUT2D eigenvalue weighted by atomic mass is 16.5. The monoisotopic (exact) mass is 312 g/mol. The van der Waals surface area contributed by atoms with Crippen molar-refractivity contribution in [1.82, 2.24) is 0 Å². The average Bonchev–Trinajstić information content (AvgIpc) is 2.45. The molecule has 23 heavy (non-hydrogen) atoms. The molecule has 0 aliphatic carbocycles. The van der Waals surface area contributed by atoms with E-state index in [1.165, 1.54) is 26.0 Å². The molecule has 2 aromatic carbocycles. The molecule has 0 spiro atoms. The van der Waals surface area contributed by atoms with Gasteiger partial charge in [0.05, 0.1) is 10.8 Å². The first-order valence-electron chi connectivity index (χ1n) is 6.82. The number of benzene rings is 2. The number of ether oxygens (including phenoxy) is 2. The second-order valence-electron chi connectivity index (χ2n) is 4.92.